The van der Waals surface area contributed by atoms with E-state index in [1.165, 1.54) is 12.1 Å². The van der Waals surface area contributed by atoms with Crippen LogP contribution in [0.2, 0.25) is 0 Å². The van der Waals surface area contributed by atoms with Crippen LogP contribution in [0.4, 0.5) is 13.2 Å². The Kier molecular flexibility index (Phi) is 4.91. The van der Waals surface area contributed by atoms with E-state index >= 15 is 0 Å². The minimum atomic E-state index is -4.65. The van der Waals surface area contributed by atoms with Gasteiger partial charge in [0.15, 0.2) is 0 Å². The van der Waals surface area contributed by atoms with Crippen LogP contribution in [-0.4, -0.2) is 13.6 Å². The van der Waals surface area contributed by atoms with E-state index in [4.69, 9.17) is 0 Å². The molecule has 0 amide bonds. The molecule has 3 rings (SSSR count). The summed E-state index contributed by atoms with van der Waals surface area (Å²) in [6, 6.07) is 10.8. The summed E-state index contributed by atoms with van der Waals surface area (Å²) < 4.78 is 69.2. The Balaban J connectivity index is 1.76. The lowest BCUT2D eigenvalue weighted by Crippen LogP contribution is -2.22. The Bertz CT molecular complexity index is 1020. The van der Waals surface area contributed by atoms with Crippen molar-refractivity contribution in [2.75, 3.05) is 0 Å². The van der Waals surface area contributed by atoms with Crippen molar-refractivity contribution in [2.45, 2.75) is 23.9 Å². The van der Waals surface area contributed by atoms with Crippen LogP contribution in [0.5, 0.6) is 0 Å². The molecular formula is C16H13F3N2O3S2. The van der Waals surface area contributed by atoms with Crippen LogP contribution < -0.4 is 4.72 Å². The summed E-state index contributed by atoms with van der Waals surface area (Å²) in [5.74, 6) is -1.23. The van der Waals surface area contributed by atoms with Gasteiger partial charge in [-0.05, 0) is 24.6 Å². The summed E-state index contributed by atoms with van der Waals surface area (Å²) in [4.78, 5) is 0.264. The third-order valence-corrected chi connectivity index (χ3v) is 6.44. The van der Waals surface area contributed by atoms with Crippen LogP contribution >= 0.6 is 11.3 Å². The Morgan fingerprint density at radius 1 is 1.19 bits per heavy atom. The van der Waals surface area contributed by atoms with Gasteiger partial charge in [0.25, 0.3) is 0 Å². The summed E-state index contributed by atoms with van der Waals surface area (Å²) in [7, 11) is -3.79. The van der Waals surface area contributed by atoms with Crippen molar-refractivity contribution in [3.05, 3.63) is 59.4 Å². The van der Waals surface area contributed by atoms with Gasteiger partial charge in [0.05, 0.1) is 4.88 Å². The third kappa shape index (κ3) is 4.14. The molecule has 0 radical (unpaired) electrons. The van der Waals surface area contributed by atoms with Crippen molar-refractivity contribution in [3.63, 3.8) is 0 Å². The zero-order chi connectivity index (χ0) is 18.9. The first kappa shape index (κ1) is 18.6. The summed E-state index contributed by atoms with van der Waals surface area (Å²) >= 11 is 0.815. The topological polar surface area (TPSA) is 72.2 Å². The van der Waals surface area contributed by atoms with Gasteiger partial charge in [0, 0.05) is 12.6 Å². The van der Waals surface area contributed by atoms with Crippen LogP contribution in [0.1, 0.15) is 16.9 Å². The number of aryl methyl sites for hydroxylation is 1. The Morgan fingerprint density at radius 3 is 2.62 bits per heavy atom. The number of nitrogens with one attached hydrogen (secondary N) is 1. The van der Waals surface area contributed by atoms with Gasteiger partial charge in [0.1, 0.15) is 9.90 Å². The minimum absolute atomic E-state index is 0.0169. The highest BCUT2D eigenvalue weighted by Gasteiger charge is 2.36. The highest BCUT2D eigenvalue weighted by molar-refractivity contribution is 7.91. The van der Waals surface area contributed by atoms with Crippen LogP contribution in [0, 0.1) is 6.92 Å². The summed E-state index contributed by atoms with van der Waals surface area (Å²) in [5.41, 5.74) is 1.74. The molecule has 0 saturated heterocycles. The van der Waals surface area contributed by atoms with E-state index in [-0.39, 0.29) is 21.3 Å². The van der Waals surface area contributed by atoms with Gasteiger partial charge < -0.3 is 4.52 Å². The van der Waals surface area contributed by atoms with E-state index < -0.39 is 22.0 Å². The lowest BCUT2D eigenvalue weighted by molar-refractivity contribution is -0.155. The molecule has 0 bridgehead atoms. The molecule has 138 valence electrons. The number of nitrogens with zero attached hydrogens (tertiary/aromatic N) is 1. The number of halogens is 3. The average molecular weight is 402 g/mol. The molecule has 10 heteroatoms. The molecule has 1 aromatic carbocycles. The summed E-state index contributed by atoms with van der Waals surface area (Å²) in [5, 5.41) is 3.35. The Morgan fingerprint density at radius 2 is 1.96 bits per heavy atom. The van der Waals surface area contributed by atoms with E-state index in [1.807, 2.05) is 25.1 Å². The number of benzene rings is 1. The van der Waals surface area contributed by atoms with Crippen molar-refractivity contribution >= 4 is 21.4 Å². The van der Waals surface area contributed by atoms with Crippen molar-refractivity contribution in [1.82, 2.24) is 9.88 Å². The van der Waals surface area contributed by atoms with E-state index in [1.54, 1.807) is 6.07 Å². The van der Waals surface area contributed by atoms with Crippen LogP contribution in [0.3, 0.4) is 0 Å². The second kappa shape index (κ2) is 6.86. The molecule has 26 heavy (non-hydrogen) atoms. The lowest BCUT2D eigenvalue weighted by Gasteiger charge is -2.05. The number of hydrogen-bond acceptors (Lipinski definition) is 5. The molecule has 0 aliphatic carbocycles. The SMILES string of the molecule is Cc1cccc(CNS(=O)(=O)c2ccc(-c3cc(C(F)(F)F)on3)s2)c1. The number of hydrogen-bond donors (Lipinski definition) is 1. The first-order valence-electron chi connectivity index (χ1n) is 7.34. The number of alkyl halides is 3. The van der Waals surface area contributed by atoms with Gasteiger partial charge in [-0.1, -0.05) is 35.0 Å². The molecule has 2 aromatic heterocycles. The first-order chi connectivity index (χ1) is 12.1. The standard InChI is InChI=1S/C16H13F3N2O3S2/c1-10-3-2-4-11(7-10)9-20-26(22,23)15-6-5-13(25-15)12-8-14(24-21-12)16(17,18)19/h2-8,20H,9H2,1H3. The van der Waals surface area contributed by atoms with E-state index in [0.29, 0.717) is 0 Å². The highest BCUT2D eigenvalue weighted by atomic mass is 32.2. The zero-order valence-electron chi connectivity index (χ0n) is 13.4. The number of sulfonamides is 1. The molecular weight excluding hydrogens is 389 g/mol. The number of aromatic nitrogens is 1. The summed E-state index contributed by atoms with van der Waals surface area (Å²) in [6.45, 7) is 2.01. The average Bonchev–Trinajstić information content (AvgIpc) is 3.21. The minimum Gasteiger partial charge on any atom is -0.351 e. The number of thiophene rings is 1. The summed E-state index contributed by atoms with van der Waals surface area (Å²) in [6.07, 6.45) is -4.65. The fourth-order valence-electron chi connectivity index (χ4n) is 2.20. The second-order valence-electron chi connectivity index (χ2n) is 5.51. The Labute approximate surface area is 151 Å². The fraction of sp³-hybridized carbons (Fsp3) is 0.188. The van der Waals surface area contributed by atoms with E-state index in [2.05, 4.69) is 14.4 Å². The van der Waals surface area contributed by atoms with Gasteiger partial charge in [-0.15, -0.1) is 11.3 Å². The van der Waals surface area contributed by atoms with Gasteiger partial charge in [-0.3, -0.25) is 0 Å². The van der Waals surface area contributed by atoms with E-state index in [0.717, 1.165) is 28.5 Å². The molecule has 5 nitrogen and oxygen atoms in total. The van der Waals surface area contributed by atoms with Gasteiger partial charge in [0.2, 0.25) is 15.8 Å². The quantitative estimate of drug-likeness (QED) is 0.694. The molecule has 0 saturated carbocycles. The largest absolute Gasteiger partial charge is 0.452 e. The fourth-order valence-corrected chi connectivity index (χ4v) is 4.52. The molecule has 0 spiro atoms. The number of rotatable bonds is 5. The molecule has 0 aliphatic heterocycles. The molecule has 3 aromatic rings. The molecule has 1 N–H and O–H groups in total. The smallest absolute Gasteiger partial charge is 0.351 e. The highest BCUT2D eigenvalue weighted by Crippen LogP contribution is 2.35. The maximum Gasteiger partial charge on any atom is 0.452 e. The maximum absolute atomic E-state index is 12.6. The van der Waals surface area contributed by atoms with Crippen LogP contribution in [-0.2, 0) is 22.7 Å². The lowest BCUT2D eigenvalue weighted by atomic mass is 10.1. The van der Waals surface area contributed by atoms with Crippen molar-refractivity contribution in [2.24, 2.45) is 0 Å². The van der Waals surface area contributed by atoms with Crippen LogP contribution in [0.25, 0.3) is 10.6 Å². The predicted octanol–water partition coefficient (Wildman–Crippen LogP) is 4.21. The van der Waals surface area contributed by atoms with Crippen LogP contribution in [0.15, 0.2) is 51.2 Å². The molecule has 0 atom stereocenters. The van der Waals surface area contributed by atoms with Crippen molar-refractivity contribution < 1.29 is 26.1 Å². The maximum atomic E-state index is 12.6. The van der Waals surface area contributed by atoms with Crippen molar-refractivity contribution in [3.8, 4) is 10.6 Å². The van der Waals surface area contributed by atoms with E-state index in [9.17, 15) is 21.6 Å². The second-order valence-corrected chi connectivity index (χ2v) is 8.58. The van der Waals surface area contributed by atoms with Crippen molar-refractivity contribution in [1.29, 1.82) is 0 Å². The van der Waals surface area contributed by atoms with Gasteiger partial charge in [-0.25, -0.2) is 13.1 Å². The molecule has 0 fully saturated rings. The first-order valence-corrected chi connectivity index (χ1v) is 9.64. The molecule has 0 aliphatic rings. The Hall–Kier alpha value is -2.17. The molecule has 0 unspecified atom stereocenters. The predicted molar refractivity (Wildman–Crippen MR) is 90.0 cm³/mol. The molecule has 2 heterocycles. The normalized spacial score (nSPS) is 12.5. The van der Waals surface area contributed by atoms with Gasteiger partial charge >= 0.3 is 6.18 Å². The third-order valence-electron chi connectivity index (χ3n) is 3.44. The zero-order valence-corrected chi connectivity index (χ0v) is 15.0. The monoisotopic (exact) mass is 402 g/mol. The van der Waals surface area contributed by atoms with Gasteiger partial charge in [-0.2, -0.15) is 13.2 Å².